The number of carboxylic acids is 1. The van der Waals surface area contributed by atoms with Gasteiger partial charge in [-0.3, -0.25) is 0 Å². The molecule has 0 amide bonds. The van der Waals surface area contributed by atoms with E-state index < -0.39 is 12.0 Å². The maximum Gasteiger partial charge on any atom is 0.326 e. The van der Waals surface area contributed by atoms with Crippen molar-refractivity contribution in [3.8, 4) is 6.07 Å². The molecule has 4 nitrogen and oxygen atoms in total. The number of fused-ring (bicyclic) bond motifs is 1. The van der Waals surface area contributed by atoms with Crippen LogP contribution in [0.25, 0.3) is 0 Å². The zero-order valence-electron chi connectivity index (χ0n) is 11.6. The summed E-state index contributed by atoms with van der Waals surface area (Å²) >= 11 is 6.29. The minimum Gasteiger partial charge on any atom is -0.480 e. The van der Waals surface area contributed by atoms with Crippen LogP contribution in [0.1, 0.15) is 29.0 Å². The summed E-state index contributed by atoms with van der Waals surface area (Å²) in [7, 11) is 0. The highest BCUT2D eigenvalue weighted by atomic mass is 35.5. The highest BCUT2D eigenvalue weighted by molar-refractivity contribution is 6.31. The van der Waals surface area contributed by atoms with Crippen LogP contribution in [0, 0.1) is 11.3 Å². The van der Waals surface area contributed by atoms with Crippen molar-refractivity contribution < 1.29 is 9.90 Å². The molecule has 110 valence electrons. The van der Waals surface area contributed by atoms with E-state index >= 15 is 0 Å². The average molecular weight is 313 g/mol. The van der Waals surface area contributed by atoms with Gasteiger partial charge in [0, 0.05) is 16.6 Å². The van der Waals surface area contributed by atoms with Gasteiger partial charge in [0.25, 0.3) is 0 Å². The molecule has 0 saturated carbocycles. The number of nitriles is 1. The molecule has 2 N–H and O–H groups in total. The highest BCUT2D eigenvalue weighted by Gasteiger charge is 2.32. The second kappa shape index (κ2) is 5.70. The quantitative estimate of drug-likeness (QED) is 0.888. The molecule has 0 fully saturated rings. The van der Waals surface area contributed by atoms with Gasteiger partial charge < -0.3 is 10.4 Å². The van der Waals surface area contributed by atoms with Crippen LogP contribution in [-0.4, -0.2) is 17.1 Å². The van der Waals surface area contributed by atoms with Crippen molar-refractivity contribution in [2.75, 3.05) is 5.32 Å². The van der Waals surface area contributed by atoms with E-state index in [1.54, 1.807) is 24.3 Å². The number of rotatable bonds is 2. The van der Waals surface area contributed by atoms with Crippen LogP contribution in [0.3, 0.4) is 0 Å². The second-order valence-electron chi connectivity index (χ2n) is 5.26. The third-order valence-electron chi connectivity index (χ3n) is 3.94. The number of aliphatic carboxylic acids is 1. The number of hydrogen-bond donors (Lipinski definition) is 2. The molecule has 1 aliphatic rings. The Morgan fingerprint density at radius 1 is 1.27 bits per heavy atom. The van der Waals surface area contributed by atoms with Crippen molar-refractivity contribution >= 4 is 23.3 Å². The molecule has 5 heteroatoms. The summed E-state index contributed by atoms with van der Waals surface area (Å²) in [5, 5.41) is 22.1. The maximum absolute atomic E-state index is 11.4. The van der Waals surface area contributed by atoms with E-state index in [1.165, 1.54) is 0 Å². The number of benzene rings is 2. The fraction of sp³-hybridized carbons (Fsp3) is 0.176. The molecule has 0 radical (unpaired) electrons. The number of carboxylic acid groups (broad SMARTS) is 1. The molecule has 0 aliphatic carbocycles. The van der Waals surface area contributed by atoms with Crippen molar-refractivity contribution in [1.29, 1.82) is 5.26 Å². The van der Waals surface area contributed by atoms with Gasteiger partial charge in [0.1, 0.15) is 6.04 Å². The first-order valence-electron chi connectivity index (χ1n) is 6.88. The second-order valence-corrected chi connectivity index (χ2v) is 5.67. The summed E-state index contributed by atoms with van der Waals surface area (Å²) in [6.07, 6.45) is 0.390. The molecular weight excluding hydrogens is 300 g/mol. The molecule has 0 bridgehead atoms. The number of carbonyl (C=O) groups is 1. The molecule has 0 spiro atoms. The summed E-state index contributed by atoms with van der Waals surface area (Å²) in [6, 6.07) is 14.1. The first-order chi connectivity index (χ1) is 10.6. The summed E-state index contributed by atoms with van der Waals surface area (Å²) < 4.78 is 0. The van der Waals surface area contributed by atoms with Crippen LogP contribution in [-0.2, 0) is 4.79 Å². The fourth-order valence-corrected chi connectivity index (χ4v) is 3.14. The van der Waals surface area contributed by atoms with Crippen molar-refractivity contribution in [2.45, 2.75) is 18.4 Å². The number of nitrogens with one attached hydrogen (secondary N) is 1. The van der Waals surface area contributed by atoms with Crippen molar-refractivity contribution in [1.82, 2.24) is 0 Å². The van der Waals surface area contributed by atoms with E-state index in [4.69, 9.17) is 16.9 Å². The molecule has 1 heterocycles. The molecule has 2 atom stereocenters. The average Bonchev–Trinajstić information content (AvgIpc) is 2.53. The summed E-state index contributed by atoms with van der Waals surface area (Å²) in [6.45, 7) is 0. The van der Waals surface area contributed by atoms with Crippen molar-refractivity contribution in [3.05, 3.63) is 64.2 Å². The lowest BCUT2D eigenvalue weighted by Gasteiger charge is -2.32. The van der Waals surface area contributed by atoms with E-state index in [0.29, 0.717) is 17.0 Å². The van der Waals surface area contributed by atoms with Gasteiger partial charge in [-0.25, -0.2) is 4.79 Å². The maximum atomic E-state index is 11.4. The van der Waals surface area contributed by atoms with E-state index in [2.05, 4.69) is 11.4 Å². The lowest BCUT2D eigenvalue weighted by molar-refractivity contribution is -0.138. The van der Waals surface area contributed by atoms with Crippen molar-refractivity contribution in [2.24, 2.45) is 0 Å². The van der Waals surface area contributed by atoms with Gasteiger partial charge in [-0.05, 0) is 41.8 Å². The van der Waals surface area contributed by atoms with Crippen LogP contribution in [0.4, 0.5) is 5.69 Å². The normalized spacial score (nSPS) is 19.6. The predicted molar refractivity (Wildman–Crippen MR) is 84.1 cm³/mol. The van der Waals surface area contributed by atoms with Gasteiger partial charge in [-0.2, -0.15) is 5.26 Å². The Bertz CT molecular complexity index is 782. The lowest BCUT2D eigenvalue weighted by Crippen LogP contribution is -2.35. The Hall–Kier alpha value is -2.51. The predicted octanol–water partition coefficient (Wildman–Crippen LogP) is 3.61. The standard InChI is InChI=1S/C17H13ClN2O2/c18-14-4-2-1-3-11(14)12-8-16(17(21)22)20-15-6-5-10(9-19)7-13(12)15/h1-7,12,16,20H,8H2,(H,21,22). The topological polar surface area (TPSA) is 73.1 Å². The summed E-state index contributed by atoms with van der Waals surface area (Å²) in [5.74, 6) is -1.05. The zero-order chi connectivity index (χ0) is 15.7. The van der Waals surface area contributed by atoms with E-state index in [0.717, 1.165) is 16.8 Å². The largest absolute Gasteiger partial charge is 0.480 e. The number of nitrogens with zero attached hydrogens (tertiary/aromatic N) is 1. The van der Waals surface area contributed by atoms with E-state index in [9.17, 15) is 9.90 Å². The molecule has 3 rings (SSSR count). The first-order valence-corrected chi connectivity index (χ1v) is 7.25. The molecule has 22 heavy (non-hydrogen) atoms. The minimum atomic E-state index is -0.896. The van der Waals surface area contributed by atoms with Crippen LogP contribution < -0.4 is 5.32 Å². The van der Waals surface area contributed by atoms with Gasteiger partial charge >= 0.3 is 5.97 Å². The van der Waals surface area contributed by atoms with Gasteiger partial charge in [0.05, 0.1) is 11.6 Å². The van der Waals surface area contributed by atoms with Crippen LogP contribution >= 0.6 is 11.6 Å². The Morgan fingerprint density at radius 2 is 2.05 bits per heavy atom. The zero-order valence-corrected chi connectivity index (χ0v) is 12.3. The monoisotopic (exact) mass is 312 g/mol. The Morgan fingerprint density at radius 3 is 2.73 bits per heavy atom. The van der Waals surface area contributed by atoms with Gasteiger partial charge in [0.15, 0.2) is 0 Å². The van der Waals surface area contributed by atoms with E-state index in [-0.39, 0.29) is 5.92 Å². The van der Waals surface area contributed by atoms with Gasteiger partial charge in [0.2, 0.25) is 0 Å². The van der Waals surface area contributed by atoms with Gasteiger partial charge in [-0.1, -0.05) is 29.8 Å². The van der Waals surface area contributed by atoms with Crippen LogP contribution in [0.5, 0.6) is 0 Å². The minimum absolute atomic E-state index is 0.153. The molecule has 2 unspecified atom stereocenters. The smallest absolute Gasteiger partial charge is 0.326 e. The first kappa shape index (κ1) is 14.4. The fourth-order valence-electron chi connectivity index (χ4n) is 2.88. The number of hydrogen-bond acceptors (Lipinski definition) is 3. The molecular formula is C17H13ClN2O2. The third kappa shape index (κ3) is 2.51. The molecule has 2 aromatic carbocycles. The molecule has 0 aromatic heterocycles. The number of halogens is 1. The number of anilines is 1. The van der Waals surface area contributed by atoms with Gasteiger partial charge in [-0.15, -0.1) is 0 Å². The SMILES string of the molecule is N#Cc1ccc2c(c1)C(c1ccccc1Cl)CC(C(=O)O)N2. The molecule has 1 aliphatic heterocycles. The highest BCUT2D eigenvalue weighted by Crippen LogP contribution is 2.41. The molecule has 0 saturated heterocycles. The van der Waals surface area contributed by atoms with E-state index in [1.807, 2.05) is 18.2 Å². The lowest BCUT2D eigenvalue weighted by atomic mass is 9.81. The third-order valence-corrected chi connectivity index (χ3v) is 4.28. The Labute approximate surface area is 133 Å². The molecule has 2 aromatic rings. The van der Waals surface area contributed by atoms with Crippen molar-refractivity contribution in [3.63, 3.8) is 0 Å². The Balaban J connectivity index is 2.15. The Kier molecular flexibility index (Phi) is 3.74. The van der Waals surface area contributed by atoms with Crippen LogP contribution in [0.2, 0.25) is 5.02 Å². The summed E-state index contributed by atoms with van der Waals surface area (Å²) in [4.78, 5) is 11.4. The van der Waals surface area contributed by atoms with Crippen LogP contribution in [0.15, 0.2) is 42.5 Å². The summed E-state index contributed by atoms with van der Waals surface area (Å²) in [5.41, 5.74) is 3.08.